The van der Waals surface area contributed by atoms with Gasteiger partial charge in [0.1, 0.15) is 66.8 Å². The van der Waals surface area contributed by atoms with E-state index >= 15 is 0 Å². The molecule has 0 fully saturated rings. The lowest BCUT2D eigenvalue weighted by Crippen LogP contribution is -2.56. The number of nitrogens with one attached hydrogen (secondary N) is 4. The molecule has 3 aromatic carbocycles. The van der Waals surface area contributed by atoms with E-state index in [1.54, 1.807) is 50.2 Å². The van der Waals surface area contributed by atoms with Crippen molar-refractivity contribution < 1.29 is 38.2 Å². The molecule has 0 aliphatic carbocycles. The van der Waals surface area contributed by atoms with Gasteiger partial charge in [0.2, 0.25) is 23.6 Å². The van der Waals surface area contributed by atoms with Gasteiger partial charge < -0.3 is 57.6 Å². The van der Waals surface area contributed by atoms with Crippen molar-refractivity contribution in [2.75, 3.05) is 46.4 Å². The number of hydrogen-bond acceptors (Lipinski definition) is 14. The van der Waals surface area contributed by atoms with Gasteiger partial charge in [-0.1, -0.05) is 12.1 Å². The first-order valence-electron chi connectivity index (χ1n) is 22.1. The van der Waals surface area contributed by atoms with E-state index in [9.17, 15) is 29.2 Å². The molecule has 0 saturated heterocycles. The second-order valence-corrected chi connectivity index (χ2v) is 17.1. The Bertz CT molecular complexity index is 2550. The van der Waals surface area contributed by atoms with Crippen molar-refractivity contribution in [1.29, 1.82) is 5.26 Å². The fraction of sp³-hybridized carbons (Fsp3) is 0.417. The first-order valence-corrected chi connectivity index (χ1v) is 22.1. The largest absolute Gasteiger partial charge is 0.492 e. The molecule has 5 amide bonds. The standard InChI is InChI=1S/C48H59N11O8/c1-26-40(27(2)55-42(54-26)31-9-11-37-32(23-31)25-48(4,5)67-37)45(62)57-35(13-14-49)47(64)59(6)41-30-8-12-39(66-20-17-52)34(24-30)33-21-29(7-10-38(33)65-19-16-51)22-36(44(61)53-18-15-50)58-43(60)28(3)56-46(41)63/h7-12,21,23-24,28,35-36,41H,13-14,16-20,22,25,49,51-52H2,1-6H3,(H,53,61)(H,56,63)(H,57,62)(H,58,60)/t28-,35?,36-,41-/m0/s1. The number of hydrogen-bond donors (Lipinski definition) is 7. The van der Waals surface area contributed by atoms with Gasteiger partial charge in [-0.05, 0) is 107 Å². The topological polar surface area (TPSA) is 292 Å². The first-order chi connectivity index (χ1) is 32.0. The second-order valence-electron chi connectivity index (χ2n) is 17.1. The van der Waals surface area contributed by atoms with Gasteiger partial charge >= 0.3 is 0 Å². The van der Waals surface area contributed by atoms with E-state index in [0.29, 0.717) is 51.0 Å². The number of likely N-dealkylation sites (N-methyl/N-ethyl adjacent to an activating group) is 1. The fourth-order valence-corrected chi connectivity index (χ4v) is 8.28. The number of benzene rings is 3. The molecule has 0 saturated carbocycles. The molecule has 1 aromatic heterocycles. The van der Waals surface area contributed by atoms with Crippen molar-refractivity contribution in [2.24, 2.45) is 17.2 Å². The summed E-state index contributed by atoms with van der Waals surface area (Å²) in [7, 11) is 1.41. The van der Waals surface area contributed by atoms with Gasteiger partial charge in [0, 0.05) is 49.7 Å². The predicted octanol–water partition coefficient (Wildman–Crippen LogP) is 1.65. The number of nitriles is 1. The average molecular weight is 918 g/mol. The molecule has 0 spiro atoms. The average Bonchev–Trinajstić information content (AvgIpc) is 3.61. The third-order valence-electron chi connectivity index (χ3n) is 11.4. The van der Waals surface area contributed by atoms with Gasteiger partial charge in [-0.25, -0.2) is 9.97 Å². The maximum Gasteiger partial charge on any atom is 0.255 e. The molecule has 19 nitrogen and oxygen atoms in total. The van der Waals surface area contributed by atoms with Crippen LogP contribution in [0.2, 0.25) is 0 Å². The number of amides is 5. The number of fused-ring (bicyclic) bond motifs is 6. The van der Waals surface area contributed by atoms with E-state index < -0.39 is 53.7 Å². The summed E-state index contributed by atoms with van der Waals surface area (Å²) in [6.07, 6.45) is 0.712. The van der Waals surface area contributed by atoms with E-state index in [0.717, 1.165) is 23.3 Å². The molecular weight excluding hydrogens is 859 g/mol. The zero-order valence-electron chi connectivity index (χ0n) is 38.7. The highest BCUT2D eigenvalue weighted by atomic mass is 16.5. The number of carbonyl (C=O) groups is 5. The minimum atomic E-state index is -1.41. The van der Waals surface area contributed by atoms with Crippen molar-refractivity contribution in [3.8, 4) is 45.8 Å². The maximum atomic E-state index is 14.8. The number of nitrogens with zero attached hydrogens (tertiary/aromatic N) is 4. The van der Waals surface area contributed by atoms with Gasteiger partial charge in [0.05, 0.1) is 23.0 Å². The second kappa shape index (κ2) is 21.4. The van der Waals surface area contributed by atoms with Crippen molar-refractivity contribution in [1.82, 2.24) is 36.1 Å². The maximum absolute atomic E-state index is 14.8. The van der Waals surface area contributed by atoms with Crippen LogP contribution in [0.4, 0.5) is 0 Å². The normalized spacial score (nSPS) is 17.8. The van der Waals surface area contributed by atoms with Crippen LogP contribution in [-0.2, 0) is 32.0 Å². The lowest BCUT2D eigenvalue weighted by Gasteiger charge is -2.32. The summed E-state index contributed by atoms with van der Waals surface area (Å²) in [5.41, 5.74) is 22.0. The van der Waals surface area contributed by atoms with Crippen molar-refractivity contribution in [3.63, 3.8) is 0 Å². The van der Waals surface area contributed by atoms with Crippen molar-refractivity contribution >= 4 is 29.5 Å². The van der Waals surface area contributed by atoms with Crippen LogP contribution >= 0.6 is 0 Å². The molecule has 3 heterocycles. The molecule has 67 heavy (non-hydrogen) atoms. The zero-order chi connectivity index (χ0) is 48.6. The smallest absolute Gasteiger partial charge is 0.255 e. The molecule has 10 N–H and O–H groups in total. The molecule has 4 aromatic rings. The minimum absolute atomic E-state index is 0.000961. The summed E-state index contributed by atoms with van der Waals surface area (Å²) in [5, 5.41) is 19.9. The van der Waals surface area contributed by atoms with E-state index in [2.05, 4.69) is 21.3 Å². The van der Waals surface area contributed by atoms with Gasteiger partial charge in [0.25, 0.3) is 5.91 Å². The molecule has 354 valence electrons. The lowest BCUT2D eigenvalue weighted by molar-refractivity contribution is -0.141. The molecule has 4 bridgehead atoms. The molecule has 2 aliphatic heterocycles. The van der Waals surface area contributed by atoms with Gasteiger partial charge in [-0.2, -0.15) is 5.26 Å². The number of aromatic nitrogens is 2. The Morgan fingerprint density at radius 3 is 2.22 bits per heavy atom. The summed E-state index contributed by atoms with van der Waals surface area (Å²) in [4.78, 5) is 81.2. The quantitative estimate of drug-likeness (QED) is 0.0836. The number of aryl methyl sites for hydroxylation is 2. The molecular formula is C48H59N11O8. The summed E-state index contributed by atoms with van der Waals surface area (Å²) in [6, 6.07) is 12.7. The summed E-state index contributed by atoms with van der Waals surface area (Å²) in [5.74, 6) is -1.37. The van der Waals surface area contributed by atoms with Crippen LogP contribution in [0, 0.1) is 25.2 Å². The highest BCUT2D eigenvalue weighted by molar-refractivity contribution is 6.00. The SMILES string of the molecule is Cc1nc(-c2ccc3c(c2)CC(C)(C)O3)nc(C)c1C(=O)NC(CCN)C(=O)N(C)[C@@H]1C(=O)N[C@@H](C)C(=O)N[C@H](C(=O)NCC#N)Cc2ccc(OCCN)c(c2)-c2cc1ccc2OCCN. The molecule has 4 atom stereocenters. The monoisotopic (exact) mass is 917 g/mol. The van der Waals surface area contributed by atoms with Crippen molar-refractivity contribution in [3.05, 3.63) is 88.2 Å². The van der Waals surface area contributed by atoms with Crippen LogP contribution in [0.5, 0.6) is 17.2 Å². The Hall–Kier alpha value is -7.14. The van der Waals surface area contributed by atoms with Crippen LogP contribution in [0.1, 0.15) is 71.7 Å². The third kappa shape index (κ3) is 11.5. The summed E-state index contributed by atoms with van der Waals surface area (Å²) in [6.45, 7) is 9.21. The summed E-state index contributed by atoms with van der Waals surface area (Å²) >= 11 is 0. The number of nitrogens with two attached hydrogens (primary N) is 3. The fourth-order valence-electron chi connectivity index (χ4n) is 8.28. The van der Waals surface area contributed by atoms with Gasteiger partial charge in [-0.15, -0.1) is 0 Å². The van der Waals surface area contributed by atoms with Crippen LogP contribution in [0.3, 0.4) is 0 Å². The van der Waals surface area contributed by atoms with E-state index in [1.807, 2.05) is 38.1 Å². The Kier molecular flexibility index (Phi) is 15.8. The first kappa shape index (κ1) is 49.3. The molecule has 6 rings (SSSR count). The molecule has 0 radical (unpaired) electrons. The van der Waals surface area contributed by atoms with E-state index in [1.165, 1.54) is 18.9 Å². The third-order valence-corrected chi connectivity index (χ3v) is 11.4. The van der Waals surface area contributed by atoms with E-state index in [-0.39, 0.29) is 63.4 Å². The molecule has 2 aliphatic rings. The molecule has 19 heteroatoms. The zero-order valence-corrected chi connectivity index (χ0v) is 38.7. The predicted molar refractivity (Wildman–Crippen MR) is 249 cm³/mol. The number of carbonyl (C=O) groups excluding carboxylic acids is 5. The van der Waals surface area contributed by atoms with Crippen LogP contribution in [0.15, 0.2) is 54.6 Å². The Morgan fingerprint density at radius 1 is 0.925 bits per heavy atom. The van der Waals surface area contributed by atoms with Gasteiger partial charge in [0.15, 0.2) is 5.82 Å². The summed E-state index contributed by atoms with van der Waals surface area (Å²) < 4.78 is 18.2. The van der Waals surface area contributed by atoms with Crippen LogP contribution < -0.4 is 52.7 Å². The number of ether oxygens (including phenoxy) is 3. The Labute approximate surface area is 389 Å². The van der Waals surface area contributed by atoms with Crippen molar-refractivity contribution in [2.45, 2.75) is 83.6 Å². The highest BCUT2D eigenvalue weighted by Crippen LogP contribution is 2.41. The number of rotatable bonds is 15. The highest BCUT2D eigenvalue weighted by Gasteiger charge is 2.37. The van der Waals surface area contributed by atoms with Crippen LogP contribution in [-0.4, -0.2) is 115 Å². The lowest BCUT2D eigenvalue weighted by atomic mass is 9.93. The Morgan fingerprint density at radius 2 is 1.58 bits per heavy atom. The van der Waals surface area contributed by atoms with Crippen LogP contribution in [0.25, 0.3) is 22.5 Å². The minimum Gasteiger partial charge on any atom is -0.492 e. The Balaban J connectivity index is 1.38. The molecule has 1 unspecified atom stereocenters. The van der Waals surface area contributed by atoms with Gasteiger partial charge in [-0.3, -0.25) is 24.0 Å². The van der Waals surface area contributed by atoms with E-state index in [4.69, 9.17) is 41.4 Å².